The minimum Gasteiger partial charge on any atom is -0.493 e. The molecule has 5 heteroatoms. The second kappa shape index (κ2) is 10.8. The minimum absolute atomic E-state index is 0.0255. The first-order valence-electron chi connectivity index (χ1n) is 10.8. The summed E-state index contributed by atoms with van der Waals surface area (Å²) in [5.74, 6) is 1.58. The SMILES string of the molecule is Cc1cc(Cl)ccc1OCCCC(=O)NNC1=C(C2CCCCC2)CCCC1. The predicted molar refractivity (Wildman–Crippen MR) is 114 cm³/mol. The van der Waals surface area contributed by atoms with Crippen molar-refractivity contribution in [1.82, 2.24) is 10.9 Å². The lowest BCUT2D eigenvalue weighted by Gasteiger charge is -2.30. The molecule has 1 amide bonds. The maximum atomic E-state index is 12.2. The average Bonchev–Trinajstić information content (AvgIpc) is 2.72. The Bertz CT molecular complexity index is 696. The van der Waals surface area contributed by atoms with Crippen molar-refractivity contribution < 1.29 is 9.53 Å². The number of halogens is 1. The van der Waals surface area contributed by atoms with Crippen LogP contribution in [0.2, 0.25) is 5.02 Å². The van der Waals surface area contributed by atoms with Crippen LogP contribution in [-0.4, -0.2) is 12.5 Å². The molecule has 0 aromatic heterocycles. The van der Waals surface area contributed by atoms with Crippen LogP contribution in [0.15, 0.2) is 29.5 Å². The number of aryl methyl sites for hydroxylation is 1. The van der Waals surface area contributed by atoms with Crippen molar-refractivity contribution in [2.24, 2.45) is 5.92 Å². The number of allylic oxidation sites excluding steroid dienone is 2. The van der Waals surface area contributed by atoms with Crippen LogP contribution in [0.5, 0.6) is 5.75 Å². The van der Waals surface area contributed by atoms with Crippen LogP contribution in [0.1, 0.15) is 76.2 Å². The van der Waals surface area contributed by atoms with Gasteiger partial charge >= 0.3 is 0 Å². The fraction of sp³-hybridized carbons (Fsp3) is 0.609. The Balaban J connectivity index is 1.41. The van der Waals surface area contributed by atoms with Gasteiger partial charge in [-0.05, 0) is 87.1 Å². The Morgan fingerprint density at radius 1 is 1.14 bits per heavy atom. The number of nitrogens with one attached hydrogen (secondary N) is 2. The lowest BCUT2D eigenvalue weighted by atomic mass is 9.78. The third-order valence-electron chi connectivity index (χ3n) is 5.90. The molecule has 0 saturated heterocycles. The molecule has 0 bridgehead atoms. The molecule has 0 unspecified atom stereocenters. The highest BCUT2D eigenvalue weighted by Gasteiger charge is 2.23. The number of rotatable bonds is 8. The number of hydrazine groups is 1. The molecule has 1 fully saturated rings. The summed E-state index contributed by atoms with van der Waals surface area (Å²) in [7, 11) is 0. The molecule has 1 aromatic carbocycles. The molecule has 2 N–H and O–H groups in total. The Morgan fingerprint density at radius 2 is 1.93 bits per heavy atom. The van der Waals surface area contributed by atoms with Gasteiger partial charge in [-0.3, -0.25) is 10.2 Å². The van der Waals surface area contributed by atoms with Crippen molar-refractivity contribution in [1.29, 1.82) is 0 Å². The van der Waals surface area contributed by atoms with E-state index in [0.29, 0.717) is 24.5 Å². The molecule has 2 aliphatic rings. The highest BCUT2D eigenvalue weighted by atomic mass is 35.5. The van der Waals surface area contributed by atoms with Crippen LogP contribution in [0.4, 0.5) is 0 Å². The fourth-order valence-electron chi connectivity index (χ4n) is 4.37. The monoisotopic (exact) mass is 404 g/mol. The number of amides is 1. The number of hydrogen-bond donors (Lipinski definition) is 2. The summed E-state index contributed by atoms with van der Waals surface area (Å²) >= 11 is 5.96. The lowest BCUT2D eigenvalue weighted by molar-refractivity contribution is -0.122. The van der Waals surface area contributed by atoms with E-state index in [0.717, 1.165) is 23.7 Å². The van der Waals surface area contributed by atoms with E-state index in [4.69, 9.17) is 16.3 Å². The van der Waals surface area contributed by atoms with Gasteiger partial charge in [-0.15, -0.1) is 0 Å². The van der Waals surface area contributed by atoms with Gasteiger partial charge in [-0.25, -0.2) is 0 Å². The van der Waals surface area contributed by atoms with Crippen molar-refractivity contribution in [3.8, 4) is 5.75 Å². The zero-order valence-corrected chi connectivity index (χ0v) is 17.7. The van der Waals surface area contributed by atoms with E-state index in [1.165, 1.54) is 57.1 Å². The summed E-state index contributed by atoms with van der Waals surface area (Å²) in [6.45, 7) is 2.49. The largest absolute Gasteiger partial charge is 0.493 e. The van der Waals surface area contributed by atoms with Crippen LogP contribution in [-0.2, 0) is 4.79 Å². The van der Waals surface area contributed by atoms with Gasteiger partial charge < -0.3 is 10.2 Å². The van der Waals surface area contributed by atoms with Crippen LogP contribution in [0.3, 0.4) is 0 Å². The molecular weight excluding hydrogens is 372 g/mol. The van der Waals surface area contributed by atoms with E-state index in [1.54, 1.807) is 5.57 Å². The molecule has 0 heterocycles. The average molecular weight is 405 g/mol. The van der Waals surface area contributed by atoms with E-state index in [-0.39, 0.29) is 5.91 Å². The summed E-state index contributed by atoms with van der Waals surface area (Å²) in [6.07, 6.45) is 12.6. The van der Waals surface area contributed by atoms with Crippen molar-refractivity contribution in [3.05, 3.63) is 40.1 Å². The molecule has 0 atom stereocenters. The summed E-state index contributed by atoms with van der Waals surface area (Å²) < 4.78 is 5.76. The zero-order valence-electron chi connectivity index (χ0n) is 17.0. The maximum absolute atomic E-state index is 12.2. The highest BCUT2D eigenvalue weighted by molar-refractivity contribution is 6.30. The standard InChI is InChI=1S/C23H33ClN2O2/c1-17-16-19(24)13-14-22(17)28-15-7-12-23(27)26-25-21-11-6-5-10-20(21)18-8-3-2-4-9-18/h13-14,16,18,25H,2-12,15H2,1H3,(H,26,27). The van der Waals surface area contributed by atoms with Crippen molar-refractivity contribution in [2.75, 3.05) is 6.61 Å². The topological polar surface area (TPSA) is 50.4 Å². The number of hydrogen-bond acceptors (Lipinski definition) is 3. The van der Waals surface area contributed by atoms with Crippen LogP contribution >= 0.6 is 11.6 Å². The number of carbonyl (C=O) groups is 1. The van der Waals surface area contributed by atoms with E-state index < -0.39 is 0 Å². The molecule has 0 spiro atoms. The third kappa shape index (κ3) is 6.16. The lowest BCUT2D eigenvalue weighted by Crippen LogP contribution is -2.38. The molecule has 28 heavy (non-hydrogen) atoms. The van der Waals surface area contributed by atoms with E-state index >= 15 is 0 Å². The fourth-order valence-corrected chi connectivity index (χ4v) is 4.60. The Hall–Kier alpha value is -1.68. The number of ether oxygens (including phenoxy) is 1. The maximum Gasteiger partial charge on any atom is 0.238 e. The minimum atomic E-state index is 0.0255. The second-order valence-corrected chi connectivity index (χ2v) is 8.52. The van der Waals surface area contributed by atoms with Gasteiger partial charge in [0.1, 0.15) is 5.75 Å². The Morgan fingerprint density at radius 3 is 2.71 bits per heavy atom. The molecule has 2 aliphatic carbocycles. The van der Waals surface area contributed by atoms with Crippen molar-refractivity contribution in [3.63, 3.8) is 0 Å². The van der Waals surface area contributed by atoms with Crippen molar-refractivity contribution in [2.45, 2.75) is 77.6 Å². The third-order valence-corrected chi connectivity index (χ3v) is 6.14. The van der Waals surface area contributed by atoms with E-state index in [9.17, 15) is 4.79 Å². The molecule has 1 aromatic rings. The van der Waals surface area contributed by atoms with Gasteiger partial charge in [-0.2, -0.15) is 0 Å². The predicted octanol–water partition coefficient (Wildman–Crippen LogP) is 5.84. The van der Waals surface area contributed by atoms with E-state index in [2.05, 4.69) is 10.9 Å². The summed E-state index contributed by atoms with van der Waals surface area (Å²) in [4.78, 5) is 12.2. The normalized spacial score (nSPS) is 18.1. The first-order chi connectivity index (χ1) is 13.6. The summed E-state index contributed by atoms with van der Waals surface area (Å²) in [5.41, 5.74) is 10.1. The van der Waals surface area contributed by atoms with Crippen LogP contribution in [0, 0.1) is 12.8 Å². The van der Waals surface area contributed by atoms with Gasteiger partial charge in [0.25, 0.3) is 0 Å². The molecule has 154 valence electrons. The van der Waals surface area contributed by atoms with Gasteiger partial charge in [-0.1, -0.05) is 30.9 Å². The smallest absolute Gasteiger partial charge is 0.238 e. The van der Waals surface area contributed by atoms with Crippen LogP contribution < -0.4 is 15.6 Å². The first kappa shape index (κ1) is 21.0. The molecule has 0 aliphatic heterocycles. The molecular formula is C23H33ClN2O2. The molecule has 1 saturated carbocycles. The highest BCUT2D eigenvalue weighted by Crippen LogP contribution is 2.36. The zero-order chi connectivity index (χ0) is 19.8. The number of benzene rings is 1. The van der Waals surface area contributed by atoms with Gasteiger partial charge in [0.2, 0.25) is 5.91 Å². The summed E-state index contributed by atoms with van der Waals surface area (Å²) in [6, 6.07) is 5.58. The van der Waals surface area contributed by atoms with Gasteiger partial charge in [0, 0.05) is 17.1 Å². The quantitative estimate of drug-likeness (QED) is 0.423. The molecule has 0 radical (unpaired) electrons. The Labute approximate surface area is 174 Å². The van der Waals surface area contributed by atoms with Gasteiger partial charge in [0.15, 0.2) is 0 Å². The molecule has 3 rings (SSSR count). The van der Waals surface area contributed by atoms with Crippen molar-refractivity contribution >= 4 is 17.5 Å². The summed E-state index contributed by atoms with van der Waals surface area (Å²) in [5, 5.41) is 0.708. The molecule has 4 nitrogen and oxygen atoms in total. The Kier molecular flexibility index (Phi) is 8.08. The van der Waals surface area contributed by atoms with E-state index in [1.807, 2.05) is 25.1 Å². The number of carbonyl (C=O) groups excluding carboxylic acids is 1. The first-order valence-corrected chi connectivity index (χ1v) is 11.2. The second-order valence-electron chi connectivity index (χ2n) is 8.08. The van der Waals surface area contributed by atoms with Gasteiger partial charge in [0.05, 0.1) is 6.61 Å². The van der Waals surface area contributed by atoms with Crippen LogP contribution in [0.25, 0.3) is 0 Å².